The fourth-order valence-electron chi connectivity index (χ4n) is 2.12. The first-order chi connectivity index (χ1) is 8.48. The van der Waals surface area contributed by atoms with Crippen LogP contribution < -0.4 is 0 Å². The highest BCUT2D eigenvalue weighted by atomic mass is 16.3. The van der Waals surface area contributed by atoms with Gasteiger partial charge in [0.1, 0.15) is 11.5 Å². The average Bonchev–Trinajstić information content (AvgIpc) is 2.76. The smallest absolute Gasteiger partial charge is 0.134 e. The van der Waals surface area contributed by atoms with Crippen LogP contribution in [0.2, 0.25) is 0 Å². The van der Waals surface area contributed by atoms with Crippen molar-refractivity contribution in [3.05, 3.63) is 47.7 Å². The molecule has 0 N–H and O–H groups in total. The van der Waals surface area contributed by atoms with Gasteiger partial charge in [0, 0.05) is 12.0 Å². The Morgan fingerprint density at radius 3 is 2.11 bits per heavy atom. The first-order valence-electron chi connectivity index (χ1n) is 6.66. The van der Waals surface area contributed by atoms with Crippen molar-refractivity contribution in [2.24, 2.45) is 5.41 Å². The summed E-state index contributed by atoms with van der Waals surface area (Å²) in [6, 6.07) is 12.8. The number of benzene rings is 1. The van der Waals surface area contributed by atoms with Gasteiger partial charge in [-0.3, -0.25) is 0 Å². The molecule has 1 heteroatoms. The molecule has 0 aliphatic heterocycles. The average molecular weight is 242 g/mol. The molecule has 0 fully saturated rings. The van der Waals surface area contributed by atoms with Crippen LogP contribution in [0.4, 0.5) is 0 Å². The highest BCUT2D eigenvalue weighted by molar-refractivity contribution is 5.58. The van der Waals surface area contributed by atoms with E-state index in [0.717, 1.165) is 29.9 Å². The lowest BCUT2D eigenvalue weighted by molar-refractivity contribution is 0.411. The zero-order chi connectivity index (χ0) is 13.2. The second-order valence-electron chi connectivity index (χ2n) is 6.05. The minimum atomic E-state index is 0.335. The maximum atomic E-state index is 5.76. The van der Waals surface area contributed by atoms with Gasteiger partial charge in [0.2, 0.25) is 0 Å². The number of hydrogen-bond acceptors (Lipinski definition) is 1. The maximum Gasteiger partial charge on any atom is 0.134 e. The Kier molecular flexibility index (Phi) is 3.60. The third-order valence-corrected chi connectivity index (χ3v) is 2.98. The number of furan rings is 1. The van der Waals surface area contributed by atoms with Crippen LogP contribution in [0.15, 0.2) is 40.8 Å². The number of aryl methyl sites for hydroxylation is 1. The predicted molar refractivity (Wildman–Crippen MR) is 76.7 cm³/mol. The molecule has 2 rings (SSSR count). The second kappa shape index (κ2) is 5.01. The van der Waals surface area contributed by atoms with Crippen molar-refractivity contribution in [1.29, 1.82) is 0 Å². The molecule has 18 heavy (non-hydrogen) atoms. The van der Waals surface area contributed by atoms with Crippen LogP contribution in [-0.2, 0) is 12.8 Å². The quantitative estimate of drug-likeness (QED) is 0.730. The first kappa shape index (κ1) is 12.9. The van der Waals surface area contributed by atoms with Crippen LogP contribution in [0.3, 0.4) is 0 Å². The van der Waals surface area contributed by atoms with Crippen molar-refractivity contribution in [2.45, 2.75) is 40.5 Å². The number of rotatable bonds is 3. The summed E-state index contributed by atoms with van der Waals surface area (Å²) in [7, 11) is 0. The Morgan fingerprint density at radius 1 is 0.944 bits per heavy atom. The van der Waals surface area contributed by atoms with Crippen molar-refractivity contribution < 1.29 is 4.42 Å². The second-order valence-corrected chi connectivity index (χ2v) is 6.05. The fraction of sp³-hybridized carbons (Fsp3) is 0.412. The highest BCUT2D eigenvalue weighted by Gasteiger charge is 2.11. The Balaban J connectivity index is 2.17. The van der Waals surface area contributed by atoms with Gasteiger partial charge in [0.05, 0.1) is 0 Å². The third kappa shape index (κ3) is 3.25. The van der Waals surface area contributed by atoms with Gasteiger partial charge >= 0.3 is 0 Å². The molecule has 1 heterocycles. The third-order valence-electron chi connectivity index (χ3n) is 2.98. The molecule has 0 radical (unpaired) electrons. The van der Waals surface area contributed by atoms with Gasteiger partial charge in [0.15, 0.2) is 0 Å². The molecule has 2 aromatic rings. The standard InChI is InChI=1S/C17H22O/c1-5-15-10-11-16(18-15)14-8-6-13(7-9-14)12-17(2,3)4/h6-11H,5,12H2,1-4H3. The molecule has 0 saturated heterocycles. The summed E-state index contributed by atoms with van der Waals surface area (Å²) in [5, 5.41) is 0. The van der Waals surface area contributed by atoms with Crippen molar-refractivity contribution in [1.82, 2.24) is 0 Å². The van der Waals surface area contributed by atoms with E-state index in [2.05, 4.69) is 64.1 Å². The van der Waals surface area contributed by atoms with E-state index in [1.165, 1.54) is 5.56 Å². The molecule has 0 spiro atoms. The van der Waals surface area contributed by atoms with E-state index < -0.39 is 0 Å². The molecule has 0 aliphatic rings. The molecule has 0 unspecified atom stereocenters. The van der Waals surface area contributed by atoms with E-state index in [1.54, 1.807) is 0 Å². The van der Waals surface area contributed by atoms with Crippen LogP contribution in [-0.4, -0.2) is 0 Å². The SMILES string of the molecule is CCc1ccc(-c2ccc(CC(C)(C)C)cc2)o1. The van der Waals surface area contributed by atoms with E-state index >= 15 is 0 Å². The van der Waals surface area contributed by atoms with E-state index in [-0.39, 0.29) is 0 Å². The Labute approximate surface area is 110 Å². The fourth-order valence-corrected chi connectivity index (χ4v) is 2.12. The highest BCUT2D eigenvalue weighted by Crippen LogP contribution is 2.25. The van der Waals surface area contributed by atoms with Gasteiger partial charge < -0.3 is 4.42 Å². The molecule has 0 saturated carbocycles. The summed E-state index contributed by atoms with van der Waals surface area (Å²) >= 11 is 0. The summed E-state index contributed by atoms with van der Waals surface area (Å²) in [6.45, 7) is 8.90. The minimum absolute atomic E-state index is 0.335. The normalized spacial score (nSPS) is 11.8. The summed E-state index contributed by atoms with van der Waals surface area (Å²) in [5.41, 5.74) is 2.88. The lowest BCUT2D eigenvalue weighted by Gasteiger charge is -2.18. The van der Waals surface area contributed by atoms with Crippen LogP contribution in [0, 0.1) is 5.41 Å². The predicted octanol–water partition coefficient (Wildman–Crippen LogP) is 5.10. The first-order valence-corrected chi connectivity index (χ1v) is 6.66. The number of hydrogen-bond donors (Lipinski definition) is 0. The molecule has 0 amide bonds. The molecule has 0 atom stereocenters. The zero-order valence-corrected chi connectivity index (χ0v) is 11.8. The summed E-state index contributed by atoms with van der Waals surface area (Å²) in [6.07, 6.45) is 2.05. The van der Waals surface area contributed by atoms with Gasteiger partial charge in [-0.1, -0.05) is 52.0 Å². The van der Waals surface area contributed by atoms with Crippen LogP contribution in [0.25, 0.3) is 11.3 Å². The van der Waals surface area contributed by atoms with Crippen LogP contribution >= 0.6 is 0 Å². The molecule has 96 valence electrons. The molecular formula is C17H22O. The lowest BCUT2D eigenvalue weighted by Crippen LogP contribution is -2.08. The lowest BCUT2D eigenvalue weighted by atomic mass is 9.88. The van der Waals surface area contributed by atoms with Gasteiger partial charge in [-0.05, 0) is 29.5 Å². The van der Waals surface area contributed by atoms with Crippen LogP contribution in [0.1, 0.15) is 39.0 Å². The Bertz CT molecular complexity index is 497. The van der Waals surface area contributed by atoms with E-state index in [1.807, 2.05) is 0 Å². The molecule has 1 aromatic heterocycles. The zero-order valence-electron chi connectivity index (χ0n) is 11.8. The molecule has 0 bridgehead atoms. The summed E-state index contributed by atoms with van der Waals surface area (Å²) in [5.74, 6) is 2.01. The van der Waals surface area contributed by atoms with Crippen molar-refractivity contribution in [3.8, 4) is 11.3 Å². The van der Waals surface area contributed by atoms with Crippen molar-refractivity contribution in [2.75, 3.05) is 0 Å². The largest absolute Gasteiger partial charge is 0.461 e. The van der Waals surface area contributed by atoms with Crippen molar-refractivity contribution in [3.63, 3.8) is 0 Å². The van der Waals surface area contributed by atoms with Crippen molar-refractivity contribution >= 4 is 0 Å². The van der Waals surface area contributed by atoms with Crippen LogP contribution in [0.5, 0.6) is 0 Å². The minimum Gasteiger partial charge on any atom is -0.461 e. The van der Waals surface area contributed by atoms with E-state index in [9.17, 15) is 0 Å². The molecule has 1 aromatic carbocycles. The maximum absolute atomic E-state index is 5.76. The Hall–Kier alpha value is -1.50. The summed E-state index contributed by atoms with van der Waals surface area (Å²) < 4.78 is 5.76. The topological polar surface area (TPSA) is 13.1 Å². The van der Waals surface area contributed by atoms with Gasteiger partial charge in [-0.15, -0.1) is 0 Å². The van der Waals surface area contributed by atoms with E-state index in [0.29, 0.717) is 5.41 Å². The molecule has 0 aliphatic carbocycles. The Morgan fingerprint density at radius 2 is 1.61 bits per heavy atom. The molecular weight excluding hydrogens is 220 g/mol. The molecule has 1 nitrogen and oxygen atoms in total. The van der Waals surface area contributed by atoms with Gasteiger partial charge in [-0.2, -0.15) is 0 Å². The van der Waals surface area contributed by atoms with Gasteiger partial charge in [-0.25, -0.2) is 0 Å². The van der Waals surface area contributed by atoms with Gasteiger partial charge in [0.25, 0.3) is 0 Å². The van der Waals surface area contributed by atoms with E-state index in [4.69, 9.17) is 4.42 Å². The summed E-state index contributed by atoms with van der Waals surface area (Å²) in [4.78, 5) is 0. The monoisotopic (exact) mass is 242 g/mol.